The van der Waals surface area contributed by atoms with Crippen molar-refractivity contribution in [3.05, 3.63) is 41.9 Å². The maximum Gasteiger partial charge on any atom is 0.213 e. The van der Waals surface area contributed by atoms with Crippen molar-refractivity contribution in [2.24, 2.45) is 0 Å². The van der Waals surface area contributed by atoms with Crippen LogP contribution < -0.4 is 4.74 Å². The van der Waals surface area contributed by atoms with Crippen molar-refractivity contribution in [3.63, 3.8) is 0 Å². The van der Waals surface area contributed by atoms with Gasteiger partial charge in [-0.3, -0.25) is 4.90 Å². The summed E-state index contributed by atoms with van der Waals surface area (Å²) in [6.07, 6.45) is 3.15. The van der Waals surface area contributed by atoms with E-state index in [-0.39, 0.29) is 6.10 Å². The van der Waals surface area contributed by atoms with E-state index in [1.807, 2.05) is 43.0 Å². The van der Waals surface area contributed by atoms with Crippen LogP contribution in [0.15, 0.2) is 35.0 Å². The Bertz CT molecular complexity index is 640. The number of thioether (sulfide) groups is 1. The molecule has 0 aliphatic carbocycles. The third-order valence-corrected chi connectivity index (χ3v) is 5.76. The van der Waals surface area contributed by atoms with Gasteiger partial charge in [-0.05, 0) is 13.0 Å². The summed E-state index contributed by atoms with van der Waals surface area (Å²) in [5, 5.41) is 4.07. The number of ether oxygens (including phenoxy) is 1. The summed E-state index contributed by atoms with van der Waals surface area (Å²) in [4.78, 5) is 6.67. The van der Waals surface area contributed by atoms with E-state index in [2.05, 4.69) is 15.0 Å². The topological polar surface area (TPSA) is 51.4 Å². The highest BCUT2D eigenvalue weighted by Crippen LogP contribution is 2.46. The van der Waals surface area contributed by atoms with E-state index in [0.717, 1.165) is 49.1 Å². The molecular weight excluding hydrogens is 298 g/mol. The maximum atomic E-state index is 5.99. The molecular formula is C16H19N3O2S. The average molecular weight is 317 g/mol. The zero-order valence-electron chi connectivity index (χ0n) is 12.6. The van der Waals surface area contributed by atoms with Gasteiger partial charge >= 0.3 is 0 Å². The smallest absolute Gasteiger partial charge is 0.213 e. The Kier molecular flexibility index (Phi) is 3.58. The minimum Gasteiger partial charge on any atom is -0.473 e. The monoisotopic (exact) mass is 317 g/mol. The molecule has 1 atom stereocenters. The molecule has 0 amide bonds. The lowest BCUT2D eigenvalue weighted by atomic mass is 9.93. The summed E-state index contributed by atoms with van der Waals surface area (Å²) >= 11 is 2.04. The maximum absolute atomic E-state index is 5.99. The molecule has 0 unspecified atom stereocenters. The van der Waals surface area contributed by atoms with Crippen LogP contribution in [-0.4, -0.2) is 44.7 Å². The second-order valence-corrected chi connectivity index (χ2v) is 7.67. The molecule has 116 valence electrons. The van der Waals surface area contributed by atoms with Crippen molar-refractivity contribution in [3.8, 4) is 5.88 Å². The Hall–Kier alpha value is -1.53. The van der Waals surface area contributed by atoms with Gasteiger partial charge in [0.2, 0.25) is 5.88 Å². The van der Waals surface area contributed by atoms with Crippen molar-refractivity contribution in [1.29, 1.82) is 0 Å². The van der Waals surface area contributed by atoms with Crippen LogP contribution in [0.25, 0.3) is 0 Å². The van der Waals surface area contributed by atoms with Crippen LogP contribution in [0.2, 0.25) is 0 Å². The first-order valence-corrected chi connectivity index (χ1v) is 8.56. The Morgan fingerprint density at radius 3 is 3.09 bits per heavy atom. The first-order chi connectivity index (χ1) is 10.7. The van der Waals surface area contributed by atoms with Crippen LogP contribution in [-0.2, 0) is 6.54 Å². The van der Waals surface area contributed by atoms with Crippen molar-refractivity contribution < 1.29 is 9.26 Å². The molecule has 0 saturated carbocycles. The Morgan fingerprint density at radius 2 is 2.36 bits per heavy atom. The van der Waals surface area contributed by atoms with Crippen LogP contribution in [0.1, 0.15) is 17.9 Å². The first kappa shape index (κ1) is 14.1. The predicted molar refractivity (Wildman–Crippen MR) is 85.0 cm³/mol. The minimum absolute atomic E-state index is 0.274. The van der Waals surface area contributed by atoms with Gasteiger partial charge in [-0.2, -0.15) is 0 Å². The number of aryl methyl sites for hydroxylation is 1. The van der Waals surface area contributed by atoms with Crippen molar-refractivity contribution in [2.45, 2.75) is 30.7 Å². The molecule has 4 heterocycles. The Labute approximate surface area is 134 Å². The zero-order chi connectivity index (χ0) is 15.0. The molecule has 1 spiro atoms. The Morgan fingerprint density at radius 1 is 1.45 bits per heavy atom. The van der Waals surface area contributed by atoms with E-state index in [9.17, 15) is 0 Å². The van der Waals surface area contributed by atoms with E-state index >= 15 is 0 Å². The van der Waals surface area contributed by atoms with Gasteiger partial charge in [-0.15, -0.1) is 11.8 Å². The molecule has 0 aromatic carbocycles. The van der Waals surface area contributed by atoms with Crippen LogP contribution in [0.3, 0.4) is 0 Å². The summed E-state index contributed by atoms with van der Waals surface area (Å²) in [6, 6.07) is 7.81. The highest BCUT2D eigenvalue weighted by atomic mass is 32.2. The fourth-order valence-electron chi connectivity index (χ4n) is 3.29. The largest absolute Gasteiger partial charge is 0.473 e. The summed E-state index contributed by atoms with van der Waals surface area (Å²) in [7, 11) is 0. The molecule has 2 saturated heterocycles. The fourth-order valence-corrected chi connectivity index (χ4v) is 4.87. The van der Waals surface area contributed by atoms with E-state index in [1.54, 1.807) is 6.20 Å². The molecule has 0 N–H and O–H groups in total. The molecule has 4 rings (SSSR count). The molecule has 0 bridgehead atoms. The molecule has 0 radical (unpaired) electrons. The molecule has 2 aliphatic rings. The number of hydrogen-bond acceptors (Lipinski definition) is 6. The molecule has 22 heavy (non-hydrogen) atoms. The van der Waals surface area contributed by atoms with Crippen LogP contribution in [0.4, 0.5) is 0 Å². The van der Waals surface area contributed by atoms with E-state index in [4.69, 9.17) is 9.26 Å². The number of hydrogen-bond donors (Lipinski definition) is 0. The lowest BCUT2D eigenvalue weighted by Gasteiger charge is -2.47. The highest BCUT2D eigenvalue weighted by Gasteiger charge is 2.49. The van der Waals surface area contributed by atoms with Crippen LogP contribution >= 0.6 is 11.8 Å². The van der Waals surface area contributed by atoms with E-state index < -0.39 is 0 Å². The molecule has 5 nitrogen and oxygen atoms in total. The number of rotatable bonds is 4. The van der Waals surface area contributed by atoms with Crippen molar-refractivity contribution >= 4 is 11.8 Å². The molecule has 2 aromatic rings. The SMILES string of the molecule is Cc1cc(CN2CC3(C[C@H](Oc4ccccn4)CS3)C2)no1. The normalized spacial score (nSPS) is 23.6. The van der Waals surface area contributed by atoms with Gasteiger partial charge in [0.15, 0.2) is 0 Å². The number of nitrogens with zero attached hydrogens (tertiary/aromatic N) is 3. The van der Waals surface area contributed by atoms with E-state index in [1.165, 1.54) is 0 Å². The van der Waals surface area contributed by atoms with Crippen LogP contribution in [0, 0.1) is 6.92 Å². The fraction of sp³-hybridized carbons (Fsp3) is 0.500. The average Bonchev–Trinajstić information content (AvgIpc) is 3.07. The van der Waals surface area contributed by atoms with Gasteiger partial charge in [0.1, 0.15) is 11.9 Å². The third kappa shape index (κ3) is 2.85. The highest BCUT2D eigenvalue weighted by molar-refractivity contribution is 8.01. The number of pyridine rings is 1. The second-order valence-electron chi connectivity index (χ2n) is 6.18. The van der Waals surface area contributed by atoms with Gasteiger partial charge in [0.25, 0.3) is 0 Å². The zero-order valence-corrected chi connectivity index (χ0v) is 13.4. The summed E-state index contributed by atoms with van der Waals surface area (Å²) in [5.41, 5.74) is 1.02. The van der Waals surface area contributed by atoms with Gasteiger partial charge in [0, 0.05) is 54.9 Å². The Balaban J connectivity index is 1.29. The summed E-state index contributed by atoms with van der Waals surface area (Å²) in [5.74, 6) is 2.66. The van der Waals surface area contributed by atoms with Crippen molar-refractivity contribution in [1.82, 2.24) is 15.0 Å². The van der Waals surface area contributed by atoms with Crippen LogP contribution in [0.5, 0.6) is 5.88 Å². The van der Waals surface area contributed by atoms with Gasteiger partial charge in [-0.1, -0.05) is 11.2 Å². The predicted octanol–water partition coefficient (Wildman–Crippen LogP) is 2.52. The number of aromatic nitrogens is 2. The van der Waals surface area contributed by atoms with Crippen molar-refractivity contribution in [2.75, 3.05) is 18.8 Å². The van der Waals surface area contributed by atoms with E-state index in [0.29, 0.717) is 4.75 Å². The lowest BCUT2D eigenvalue weighted by Crippen LogP contribution is -2.58. The van der Waals surface area contributed by atoms with Gasteiger partial charge in [-0.25, -0.2) is 4.98 Å². The third-order valence-electron chi connectivity index (χ3n) is 4.19. The minimum atomic E-state index is 0.274. The molecule has 2 aliphatic heterocycles. The second kappa shape index (κ2) is 5.59. The number of likely N-dealkylation sites (tertiary alicyclic amines) is 1. The lowest BCUT2D eigenvalue weighted by molar-refractivity contribution is 0.0887. The molecule has 6 heteroatoms. The molecule has 2 aromatic heterocycles. The summed E-state index contributed by atoms with van der Waals surface area (Å²) < 4.78 is 11.5. The first-order valence-electron chi connectivity index (χ1n) is 7.57. The molecule has 2 fully saturated rings. The van der Waals surface area contributed by atoms with Gasteiger partial charge < -0.3 is 9.26 Å². The standard InChI is InChI=1S/C16H19N3O2S/c1-12-6-13(18-21-12)8-19-10-16(11-19)7-14(9-22-16)20-15-4-2-3-5-17-15/h2-6,14H,7-11H2,1H3/t14-/m0/s1. The summed E-state index contributed by atoms with van der Waals surface area (Å²) in [6.45, 7) is 5.02. The van der Waals surface area contributed by atoms with Gasteiger partial charge in [0.05, 0.1) is 5.69 Å². The quantitative estimate of drug-likeness (QED) is 0.864.